The number of hydrogen-bond donors (Lipinski definition) is 1. The zero-order valence-electron chi connectivity index (χ0n) is 10.7. The molecule has 2 rings (SSSR count). The molecule has 1 N–H and O–H groups in total. The van der Waals surface area contributed by atoms with E-state index in [1.54, 1.807) is 11.3 Å². The third-order valence-corrected chi connectivity index (χ3v) is 4.24. The van der Waals surface area contributed by atoms with E-state index in [0.717, 1.165) is 27.7 Å². The average Bonchev–Trinajstić information content (AvgIpc) is 2.65. The summed E-state index contributed by atoms with van der Waals surface area (Å²) in [5.74, 6) is -0.994. The van der Waals surface area contributed by atoms with Crippen molar-refractivity contribution in [3.63, 3.8) is 0 Å². The lowest BCUT2D eigenvalue weighted by molar-refractivity contribution is 0.594. The minimum Gasteiger partial charge on any atom is -0.374 e. The molecule has 0 fully saturated rings. The van der Waals surface area contributed by atoms with Crippen LogP contribution in [0.5, 0.6) is 0 Å². The first-order valence-electron chi connectivity index (χ1n) is 5.73. The summed E-state index contributed by atoms with van der Waals surface area (Å²) in [6, 6.07) is 2.08. The van der Waals surface area contributed by atoms with E-state index in [4.69, 9.17) is 0 Å². The van der Waals surface area contributed by atoms with Crippen molar-refractivity contribution >= 4 is 33.0 Å². The maximum Gasteiger partial charge on any atom is 0.147 e. The zero-order valence-corrected chi connectivity index (χ0v) is 13.1. The fourth-order valence-corrected chi connectivity index (χ4v) is 3.11. The molecule has 1 aromatic heterocycles. The fourth-order valence-electron chi connectivity index (χ4n) is 1.88. The first kappa shape index (κ1) is 14.4. The molecule has 0 spiro atoms. The van der Waals surface area contributed by atoms with Crippen molar-refractivity contribution in [2.75, 3.05) is 5.32 Å². The maximum atomic E-state index is 13.7. The molecule has 2 nitrogen and oxygen atoms in total. The van der Waals surface area contributed by atoms with Crippen molar-refractivity contribution < 1.29 is 8.78 Å². The van der Waals surface area contributed by atoms with Gasteiger partial charge in [-0.3, -0.25) is 0 Å². The Balaban J connectivity index is 2.26. The Bertz CT molecular complexity index is 613. The molecule has 1 atom stereocenters. The second-order valence-corrected chi connectivity index (χ2v) is 6.55. The zero-order chi connectivity index (χ0) is 14.2. The predicted molar refractivity (Wildman–Crippen MR) is 77.7 cm³/mol. The van der Waals surface area contributed by atoms with Crippen LogP contribution in [0.2, 0.25) is 0 Å². The highest BCUT2D eigenvalue weighted by Gasteiger charge is 2.16. The number of rotatable bonds is 3. The molecule has 0 aliphatic carbocycles. The summed E-state index contributed by atoms with van der Waals surface area (Å²) in [5, 5.41) is 3.92. The highest BCUT2D eigenvalue weighted by atomic mass is 79.9. The molecule has 0 saturated carbocycles. The molecule has 0 radical (unpaired) electrons. The number of benzene rings is 1. The fraction of sp³-hybridized carbons (Fsp3) is 0.308. The number of nitrogens with zero attached hydrogens (tertiary/aromatic N) is 1. The normalized spacial score (nSPS) is 12.5. The molecule has 0 saturated heterocycles. The summed E-state index contributed by atoms with van der Waals surface area (Å²) in [5.41, 5.74) is 1.00. The molecule has 19 heavy (non-hydrogen) atoms. The number of halogens is 3. The van der Waals surface area contributed by atoms with E-state index in [9.17, 15) is 8.78 Å². The van der Waals surface area contributed by atoms with Gasteiger partial charge in [0.15, 0.2) is 0 Å². The van der Waals surface area contributed by atoms with Gasteiger partial charge in [0, 0.05) is 10.9 Å². The summed E-state index contributed by atoms with van der Waals surface area (Å²) in [6.07, 6.45) is 0. The van der Waals surface area contributed by atoms with Crippen molar-refractivity contribution in [3.05, 3.63) is 43.8 Å². The van der Waals surface area contributed by atoms with Crippen molar-refractivity contribution in [1.29, 1.82) is 0 Å². The monoisotopic (exact) mass is 346 g/mol. The molecule has 0 amide bonds. The second-order valence-electron chi connectivity index (χ2n) is 4.29. The number of thiazole rings is 1. The standard InChI is InChI=1S/C13H13BrF2N2S/c1-6(13-7(2)19-8(3)18-13)17-12-5-10(15)9(14)4-11(12)16/h4-6,17H,1-3H3. The van der Waals surface area contributed by atoms with Gasteiger partial charge in [-0.25, -0.2) is 13.8 Å². The van der Waals surface area contributed by atoms with Gasteiger partial charge >= 0.3 is 0 Å². The highest BCUT2D eigenvalue weighted by molar-refractivity contribution is 9.10. The highest BCUT2D eigenvalue weighted by Crippen LogP contribution is 2.29. The van der Waals surface area contributed by atoms with Crippen molar-refractivity contribution in [2.45, 2.75) is 26.8 Å². The summed E-state index contributed by atoms with van der Waals surface area (Å²) >= 11 is 4.54. The van der Waals surface area contributed by atoms with Crippen LogP contribution in [-0.4, -0.2) is 4.98 Å². The van der Waals surface area contributed by atoms with Crippen LogP contribution in [0.25, 0.3) is 0 Å². The number of anilines is 1. The molecule has 0 aliphatic rings. The number of aromatic nitrogens is 1. The second kappa shape index (κ2) is 5.54. The lowest BCUT2D eigenvalue weighted by atomic mass is 10.2. The van der Waals surface area contributed by atoms with Gasteiger partial charge < -0.3 is 5.32 Å². The molecule has 102 valence electrons. The quantitative estimate of drug-likeness (QED) is 0.793. The van der Waals surface area contributed by atoms with Gasteiger partial charge in [0.2, 0.25) is 0 Å². The van der Waals surface area contributed by atoms with Gasteiger partial charge in [-0.1, -0.05) is 0 Å². The molecule has 1 heterocycles. The third kappa shape index (κ3) is 3.12. The SMILES string of the molecule is Cc1nc(C(C)Nc2cc(F)c(Br)cc2F)c(C)s1. The predicted octanol–water partition coefficient (Wildman–Crippen LogP) is 4.97. The lowest BCUT2D eigenvalue weighted by Crippen LogP contribution is -2.10. The van der Waals surface area contributed by atoms with E-state index < -0.39 is 11.6 Å². The van der Waals surface area contributed by atoms with Gasteiger partial charge in [-0.15, -0.1) is 11.3 Å². The molecular formula is C13H13BrF2N2S. The molecule has 1 aromatic carbocycles. The van der Waals surface area contributed by atoms with E-state index in [0.29, 0.717) is 0 Å². The summed E-state index contributed by atoms with van der Waals surface area (Å²) < 4.78 is 27.3. The number of hydrogen-bond acceptors (Lipinski definition) is 3. The molecule has 0 bridgehead atoms. The maximum absolute atomic E-state index is 13.7. The lowest BCUT2D eigenvalue weighted by Gasteiger charge is -2.15. The third-order valence-electron chi connectivity index (χ3n) is 2.73. The number of nitrogens with one attached hydrogen (secondary N) is 1. The molecule has 2 aromatic rings. The largest absolute Gasteiger partial charge is 0.374 e. The van der Waals surface area contributed by atoms with Crippen LogP contribution < -0.4 is 5.32 Å². The first-order valence-corrected chi connectivity index (χ1v) is 7.34. The first-order chi connectivity index (χ1) is 8.88. The van der Waals surface area contributed by atoms with Crippen molar-refractivity contribution in [2.24, 2.45) is 0 Å². The summed E-state index contributed by atoms with van der Waals surface area (Å²) in [7, 11) is 0. The van der Waals surface area contributed by atoms with Gasteiger partial charge in [-0.2, -0.15) is 0 Å². The van der Waals surface area contributed by atoms with Crippen LogP contribution >= 0.6 is 27.3 Å². The Labute approximate surface area is 123 Å². The Morgan fingerprint density at radius 3 is 2.53 bits per heavy atom. The van der Waals surface area contributed by atoms with Crippen LogP contribution in [0.15, 0.2) is 16.6 Å². The average molecular weight is 347 g/mol. The van der Waals surface area contributed by atoms with Gasteiger partial charge in [-0.05, 0) is 42.8 Å². The van der Waals surface area contributed by atoms with Crippen molar-refractivity contribution in [3.8, 4) is 0 Å². The van der Waals surface area contributed by atoms with Gasteiger partial charge in [0.1, 0.15) is 11.6 Å². The Morgan fingerprint density at radius 2 is 1.95 bits per heavy atom. The Kier molecular flexibility index (Phi) is 4.20. The summed E-state index contributed by atoms with van der Waals surface area (Å²) in [6.45, 7) is 5.77. The van der Waals surface area contributed by atoms with E-state index in [-0.39, 0.29) is 16.2 Å². The minimum atomic E-state index is -0.498. The molecule has 0 aliphatic heterocycles. The van der Waals surface area contributed by atoms with E-state index in [2.05, 4.69) is 26.2 Å². The Hall–Kier alpha value is -1.01. The molecular weight excluding hydrogens is 334 g/mol. The molecule has 6 heteroatoms. The van der Waals surface area contributed by atoms with Crippen LogP contribution in [0.1, 0.15) is 28.5 Å². The van der Waals surface area contributed by atoms with Crippen LogP contribution in [0.4, 0.5) is 14.5 Å². The van der Waals surface area contributed by atoms with Crippen LogP contribution in [0, 0.1) is 25.5 Å². The van der Waals surface area contributed by atoms with Crippen LogP contribution in [0.3, 0.4) is 0 Å². The summed E-state index contributed by atoms with van der Waals surface area (Å²) in [4.78, 5) is 5.49. The smallest absolute Gasteiger partial charge is 0.147 e. The van der Waals surface area contributed by atoms with Crippen molar-refractivity contribution in [1.82, 2.24) is 4.98 Å². The number of aryl methyl sites for hydroxylation is 2. The van der Waals surface area contributed by atoms with E-state index >= 15 is 0 Å². The van der Waals surface area contributed by atoms with Gasteiger partial charge in [0.05, 0.1) is 26.9 Å². The minimum absolute atomic E-state index is 0.115. The van der Waals surface area contributed by atoms with E-state index in [1.807, 2.05) is 20.8 Å². The Morgan fingerprint density at radius 1 is 1.26 bits per heavy atom. The molecule has 1 unspecified atom stereocenters. The van der Waals surface area contributed by atoms with Crippen LogP contribution in [-0.2, 0) is 0 Å². The van der Waals surface area contributed by atoms with E-state index in [1.165, 1.54) is 0 Å². The topological polar surface area (TPSA) is 24.9 Å². The van der Waals surface area contributed by atoms with Gasteiger partial charge in [0.25, 0.3) is 0 Å².